The van der Waals surface area contributed by atoms with Gasteiger partial charge in [-0.05, 0) is 32.9 Å². The lowest BCUT2D eigenvalue weighted by Crippen LogP contribution is -2.56. The maximum atomic E-state index is 5.39. The molecule has 2 rings (SSSR count). The minimum Gasteiger partial charge on any atom is -0.379 e. The SMILES string of the molecule is CN=C(NCCN1CCOCC1)NCC1(N(C)C)CCCC(C)C1. The third kappa shape index (κ3) is 5.60. The van der Waals surface area contributed by atoms with Crippen LogP contribution < -0.4 is 10.6 Å². The monoisotopic (exact) mass is 339 g/mol. The van der Waals surface area contributed by atoms with Crippen LogP contribution in [0.15, 0.2) is 4.99 Å². The number of guanidine groups is 1. The zero-order valence-electron chi connectivity index (χ0n) is 16.1. The van der Waals surface area contributed by atoms with Crippen LogP contribution in [0.4, 0.5) is 0 Å². The Kier molecular flexibility index (Phi) is 7.78. The van der Waals surface area contributed by atoms with E-state index in [9.17, 15) is 0 Å². The van der Waals surface area contributed by atoms with Crippen LogP contribution in [-0.2, 0) is 4.74 Å². The van der Waals surface area contributed by atoms with E-state index >= 15 is 0 Å². The van der Waals surface area contributed by atoms with E-state index in [4.69, 9.17) is 4.74 Å². The molecule has 0 aromatic heterocycles. The zero-order valence-corrected chi connectivity index (χ0v) is 16.1. The summed E-state index contributed by atoms with van der Waals surface area (Å²) in [6.45, 7) is 9.09. The molecule has 140 valence electrons. The highest BCUT2D eigenvalue weighted by molar-refractivity contribution is 5.79. The molecule has 2 aliphatic rings. The molecule has 2 unspecified atom stereocenters. The lowest BCUT2D eigenvalue weighted by Gasteiger charge is -2.45. The summed E-state index contributed by atoms with van der Waals surface area (Å²) in [5.41, 5.74) is 0.249. The van der Waals surface area contributed by atoms with Crippen molar-refractivity contribution in [2.75, 3.05) is 67.1 Å². The number of nitrogens with zero attached hydrogens (tertiary/aromatic N) is 3. The van der Waals surface area contributed by atoms with Gasteiger partial charge in [-0.1, -0.05) is 19.8 Å². The van der Waals surface area contributed by atoms with Crippen LogP contribution in [0.5, 0.6) is 0 Å². The molecule has 0 aromatic rings. The fourth-order valence-corrected chi connectivity index (χ4v) is 3.98. The highest BCUT2D eigenvalue weighted by Gasteiger charge is 2.36. The molecule has 0 aromatic carbocycles. The highest BCUT2D eigenvalue weighted by Crippen LogP contribution is 2.35. The number of likely N-dealkylation sites (N-methyl/N-ethyl adjacent to an activating group) is 1. The molecule has 2 atom stereocenters. The van der Waals surface area contributed by atoms with Crippen molar-refractivity contribution >= 4 is 5.96 Å². The Morgan fingerprint density at radius 1 is 1.29 bits per heavy atom. The molecule has 2 fully saturated rings. The van der Waals surface area contributed by atoms with Crippen LogP contribution >= 0.6 is 0 Å². The lowest BCUT2D eigenvalue weighted by atomic mass is 9.75. The molecule has 0 spiro atoms. The first kappa shape index (κ1) is 19.5. The van der Waals surface area contributed by atoms with Crippen molar-refractivity contribution < 1.29 is 4.74 Å². The van der Waals surface area contributed by atoms with Crippen LogP contribution in [-0.4, -0.2) is 88.4 Å². The molecule has 1 aliphatic carbocycles. The molecule has 1 heterocycles. The van der Waals surface area contributed by atoms with Crippen molar-refractivity contribution in [1.29, 1.82) is 0 Å². The Balaban J connectivity index is 1.76. The summed E-state index contributed by atoms with van der Waals surface area (Å²) in [5.74, 6) is 1.72. The summed E-state index contributed by atoms with van der Waals surface area (Å²) in [5, 5.41) is 7.04. The molecule has 6 heteroatoms. The fraction of sp³-hybridized carbons (Fsp3) is 0.944. The second kappa shape index (κ2) is 9.59. The van der Waals surface area contributed by atoms with E-state index < -0.39 is 0 Å². The first-order valence-corrected chi connectivity index (χ1v) is 9.48. The van der Waals surface area contributed by atoms with Gasteiger partial charge in [-0.2, -0.15) is 0 Å². The number of morpholine rings is 1. The minimum absolute atomic E-state index is 0.249. The minimum atomic E-state index is 0.249. The Hall–Kier alpha value is -0.850. The molecule has 1 aliphatic heterocycles. The maximum Gasteiger partial charge on any atom is 0.191 e. The van der Waals surface area contributed by atoms with Gasteiger partial charge in [0.2, 0.25) is 0 Å². The molecule has 0 bridgehead atoms. The Morgan fingerprint density at radius 2 is 2.04 bits per heavy atom. The molecule has 0 amide bonds. The van der Waals surface area contributed by atoms with E-state index in [-0.39, 0.29) is 5.54 Å². The van der Waals surface area contributed by atoms with E-state index in [1.165, 1.54) is 25.7 Å². The van der Waals surface area contributed by atoms with Crippen LogP contribution in [0.25, 0.3) is 0 Å². The summed E-state index contributed by atoms with van der Waals surface area (Å²) >= 11 is 0. The summed E-state index contributed by atoms with van der Waals surface area (Å²) in [6.07, 6.45) is 5.21. The van der Waals surface area contributed by atoms with Gasteiger partial charge < -0.3 is 20.3 Å². The van der Waals surface area contributed by atoms with Gasteiger partial charge in [0, 0.05) is 45.3 Å². The topological polar surface area (TPSA) is 52.1 Å². The zero-order chi connectivity index (χ0) is 17.4. The number of aliphatic imine (C=N–C) groups is 1. The first-order chi connectivity index (χ1) is 11.6. The standard InChI is InChI=1S/C18H37N5O/c1-16-6-5-7-18(14-16,22(3)4)15-21-17(19-2)20-8-9-23-10-12-24-13-11-23/h16H,5-15H2,1-4H3,(H2,19,20,21). The van der Waals surface area contributed by atoms with Crippen molar-refractivity contribution in [2.24, 2.45) is 10.9 Å². The van der Waals surface area contributed by atoms with Gasteiger partial charge in [0.1, 0.15) is 0 Å². The second-order valence-corrected chi connectivity index (χ2v) is 7.63. The summed E-state index contributed by atoms with van der Waals surface area (Å²) < 4.78 is 5.39. The largest absolute Gasteiger partial charge is 0.379 e. The molecular formula is C18H37N5O. The molecular weight excluding hydrogens is 302 g/mol. The van der Waals surface area contributed by atoms with Crippen LogP contribution in [0.1, 0.15) is 32.6 Å². The van der Waals surface area contributed by atoms with Crippen molar-refractivity contribution in [3.63, 3.8) is 0 Å². The van der Waals surface area contributed by atoms with E-state index in [1.54, 1.807) is 0 Å². The van der Waals surface area contributed by atoms with Gasteiger partial charge in [-0.25, -0.2) is 0 Å². The predicted octanol–water partition coefficient (Wildman–Crippen LogP) is 0.994. The maximum absolute atomic E-state index is 5.39. The smallest absolute Gasteiger partial charge is 0.191 e. The van der Waals surface area contributed by atoms with Gasteiger partial charge in [-0.3, -0.25) is 9.89 Å². The lowest BCUT2D eigenvalue weighted by molar-refractivity contribution is 0.0389. The number of hydrogen-bond acceptors (Lipinski definition) is 4. The number of rotatable bonds is 6. The number of nitrogens with one attached hydrogen (secondary N) is 2. The Labute approximate surface area is 148 Å². The average Bonchev–Trinajstić information content (AvgIpc) is 2.58. The quantitative estimate of drug-likeness (QED) is 0.558. The third-order valence-corrected chi connectivity index (χ3v) is 5.65. The summed E-state index contributed by atoms with van der Waals surface area (Å²) in [6, 6.07) is 0. The van der Waals surface area contributed by atoms with Gasteiger partial charge in [-0.15, -0.1) is 0 Å². The van der Waals surface area contributed by atoms with Crippen molar-refractivity contribution in [3.05, 3.63) is 0 Å². The van der Waals surface area contributed by atoms with Crippen molar-refractivity contribution in [3.8, 4) is 0 Å². The molecule has 1 saturated carbocycles. The Morgan fingerprint density at radius 3 is 2.67 bits per heavy atom. The van der Waals surface area contributed by atoms with E-state index in [0.717, 1.165) is 57.8 Å². The fourth-order valence-electron chi connectivity index (χ4n) is 3.98. The van der Waals surface area contributed by atoms with E-state index in [2.05, 4.69) is 46.4 Å². The molecule has 1 saturated heterocycles. The third-order valence-electron chi connectivity index (χ3n) is 5.65. The van der Waals surface area contributed by atoms with Crippen LogP contribution in [0.2, 0.25) is 0 Å². The van der Waals surface area contributed by atoms with Gasteiger partial charge in [0.15, 0.2) is 5.96 Å². The van der Waals surface area contributed by atoms with Gasteiger partial charge in [0.05, 0.1) is 13.2 Å². The first-order valence-electron chi connectivity index (χ1n) is 9.48. The highest BCUT2D eigenvalue weighted by atomic mass is 16.5. The van der Waals surface area contributed by atoms with Crippen molar-refractivity contribution in [1.82, 2.24) is 20.4 Å². The normalized spacial score (nSPS) is 29.7. The molecule has 2 N–H and O–H groups in total. The summed E-state index contributed by atoms with van der Waals surface area (Å²) in [7, 11) is 6.29. The predicted molar refractivity (Wildman–Crippen MR) is 101 cm³/mol. The number of hydrogen-bond donors (Lipinski definition) is 2. The molecule has 6 nitrogen and oxygen atoms in total. The average molecular weight is 340 g/mol. The Bertz CT molecular complexity index is 395. The summed E-state index contributed by atoms with van der Waals surface area (Å²) in [4.78, 5) is 9.25. The van der Waals surface area contributed by atoms with Crippen LogP contribution in [0.3, 0.4) is 0 Å². The van der Waals surface area contributed by atoms with E-state index in [0.29, 0.717) is 0 Å². The number of ether oxygens (including phenoxy) is 1. The molecule has 0 radical (unpaired) electrons. The van der Waals surface area contributed by atoms with Gasteiger partial charge >= 0.3 is 0 Å². The van der Waals surface area contributed by atoms with Crippen molar-refractivity contribution in [2.45, 2.75) is 38.1 Å². The molecule has 24 heavy (non-hydrogen) atoms. The van der Waals surface area contributed by atoms with Gasteiger partial charge in [0.25, 0.3) is 0 Å². The van der Waals surface area contributed by atoms with Crippen LogP contribution in [0, 0.1) is 5.92 Å². The second-order valence-electron chi connectivity index (χ2n) is 7.63. The van der Waals surface area contributed by atoms with E-state index in [1.807, 2.05) is 7.05 Å².